The summed E-state index contributed by atoms with van der Waals surface area (Å²) in [7, 11) is 0. The summed E-state index contributed by atoms with van der Waals surface area (Å²) in [6.07, 6.45) is 0. The third-order valence-corrected chi connectivity index (χ3v) is 2.58. The minimum Gasteiger partial charge on any atom is -0.350 e. The molecular weight excluding hydrogens is 196 g/mol. The number of hydrogen-bond donors (Lipinski definition) is 2. The van der Waals surface area contributed by atoms with Crippen molar-refractivity contribution in [3.8, 4) is 0 Å². The summed E-state index contributed by atoms with van der Waals surface area (Å²) >= 11 is 1.52. The monoisotopic (exact) mass is 204 g/mol. The average molecular weight is 205 g/mol. The topological polar surface area (TPSA) is 55.1 Å². The molecule has 66 valence electrons. The van der Waals surface area contributed by atoms with Gasteiger partial charge in [-0.3, -0.25) is 4.79 Å². The number of thiophene rings is 1. The van der Waals surface area contributed by atoms with Crippen LogP contribution in [0.4, 0.5) is 0 Å². The standard InChI is InChI=1S/C7H8N2OS.ClH/c8-6-1-9-7(10)5-3-11-2-4(5)6;/h2-3,6H,1,8H2,(H,9,10);1H. The quantitative estimate of drug-likeness (QED) is 0.660. The first kappa shape index (κ1) is 9.51. The molecule has 1 amide bonds. The Morgan fingerprint density at radius 3 is 3.00 bits per heavy atom. The van der Waals surface area contributed by atoms with Crippen LogP contribution in [0.15, 0.2) is 10.8 Å². The summed E-state index contributed by atoms with van der Waals surface area (Å²) in [5, 5.41) is 6.50. The number of fused-ring (bicyclic) bond motifs is 1. The van der Waals surface area contributed by atoms with Gasteiger partial charge in [-0.2, -0.15) is 11.3 Å². The maximum absolute atomic E-state index is 11.1. The first-order chi connectivity index (χ1) is 5.29. The highest BCUT2D eigenvalue weighted by molar-refractivity contribution is 7.08. The fourth-order valence-corrected chi connectivity index (χ4v) is 2.08. The largest absolute Gasteiger partial charge is 0.350 e. The van der Waals surface area contributed by atoms with Gasteiger partial charge in [-0.1, -0.05) is 0 Å². The zero-order chi connectivity index (χ0) is 7.84. The van der Waals surface area contributed by atoms with Crippen LogP contribution in [0.25, 0.3) is 0 Å². The lowest BCUT2D eigenvalue weighted by Gasteiger charge is -2.18. The van der Waals surface area contributed by atoms with Gasteiger partial charge in [0.05, 0.1) is 5.56 Å². The second-order valence-corrected chi connectivity index (χ2v) is 3.30. The van der Waals surface area contributed by atoms with E-state index in [0.717, 1.165) is 11.1 Å². The van der Waals surface area contributed by atoms with Gasteiger partial charge in [-0.15, -0.1) is 12.4 Å². The summed E-state index contributed by atoms with van der Waals surface area (Å²) in [6, 6.07) is -0.0195. The van der Waals surface area contributed by atoms with Gasteiger partial charge in [0.15, 0.2) is 0 Å². The second kappa shape index (κ2) is 3.43. The summed E-state index contributed by atoms with van der Waals surface area (Å²) in [5.41, 5.74) is 7.47. The van der Waals surface area contributed by atoms with Gasteiger partial charge in [0, 0.05) is 18.0 Å². The first-order valence-electron chi connectivity index (χ1n) is 3.39. The molecule has 5 heteroatoms. The van der Waals surface area contributed by atoms with Crippen molar-refractivity contribution < 1.29 is 4.79 Å². The Balaban J connectivity index is 0.000000720. The molecule has 0 aromatic carbocycles. The van der Waals surface area contributed by atoms with Crippen LogP contribution >= 0.6 is 23.7 Å². The van der Waals surface area contributed by atoms with Gasteiger partial charge >= 0.3 is 0 Å². The molecule has 2 heterocycles. The molecule has 0 radical (unpaired) electrons. The van der Waals surface area contributed by atoms with E-state index in [2.05, 4.69) is 5.32 Å². The van der Waals surface area contributed by atoms with Crippen LogP contribution in [0.3, 0.4) is 0 Å². The molecular formula is C7H9ClN2OS. The number of rotatable bonds is 0. The average Bonchev–Trinajstić information content (AvgIpc) is 2.45. The molecule has 0 saturated carbocycles. The Bertz CT molecular complexity index is 299. The molecule has 1 aliphatic heterocycles. The normalized spacial score (nSPS) is 20.8. The van der Waals surface area contributed by atoms with E-state index >= 15 is 0 Å². The van der Waals surface area contributed by atoms with Crippen molar-refractivity contribution in [1.29, 1.82) is 0 Å². The smallest absolute Gasteiger partial charge is 0.252 e. The molecule has 2 rings (SSSR count). The van der Waals surface area contributed by atoms with Gasteiger partial charge < -0.3 is 11.1 Å². The van der Waals surface area contributed by atoms with E-state index in [-0.39, 0.29) is 24.4 Å². The molecule has 3 nitrogen and oxygen atoms in total. The molecule has 1 unspecified atom stereocenters. The number of hydrogen-bond acceptors (Lipinski definition) is 3. The fourth-order valence-electron chi connectivity index (χ4n) is 1.19. The van der Waals surface area contributed by atoms with Crippen LogP contribution in [0.1, 0.15) is 22.0 Å². The number of amides is 1. The Morgan fingerprint density at radius 1 is 1.58 bits per heavy atom. The number of halogens is 1. The molecule has 12 heavy (non-hydrogen) atoms. The summed E-state index contributed by atoms with van der Waals surface area (Å²) in [5.74, 6) is 0.00273. The van der Waals surface area contributed by atoms with Crippen LogP contribution in [0.5, 0.6) is 0 Å². The van der Waals surface area contributed by atoms with E-state index < -0.39 is 0 Å². The molecule has 1 atom stereocenters. The molecule has 1 aromatic rings. The minimum atomic E-state index is -0.0195. The molecule has 1 aliphatic rings. The molecule has 0 aliphatic carbocycles. The van der Waals surface area contributed by atoms with Crippen LogP contribution in [-0.2, 0) is 0 Å². The number of nitrogens with one attached hydrogen (secondary N) is 1. The van der Waals surface area contributed by atoms with E-state index in [0.29, 0.717) is 6.54 Å². The number of carbonyl (C=O) groups is 1. The highest BCUT2D eigenvalue weighted by Crippen LogP contribution is 2.23. The Hall–Kier alpha value is -0.580. The highest BCUT2D eigenvalue weighted by atomic mass is 35.5. The van der Waals surface area contributed by atoms with Crippen LogP contribution in [0, 0.1) is 0 Å². The van der Waals surface area contributed by atoms with Crippen molar-refractivity contribution in [1.82, 2.24) is 5.32 Å². The molecule has 1 aromatic heterocycles. The molecule has 3 N–H and O–H groups in total. The zero-order valence-corrected chi connectivity index (χ0v) is 7.87. The van der Waals surface area contributed by atoms with Crippen LogP contribution in [-0.4, -0.2) is 12.5 Å². The van der Waals surface area contributed by atoms with E-state index in [1.807, 2.05) is 10.8 Å². The maximum Gasteiger partial charge on any atom is 0.252 e. The summed E-state index contributed by atoms with van der Waals surface area (Å²) in [4.78, 5) is 11.1. The lowest BCUT2D eigenvalue weighted by Crippen LogP contribution is -2.37. The van der Waals surface area contributed by atoms with Gasteiger partial charge in [0.25, 0.3) is 5.91 Å². The van der Waals surface area contributed by atoms with E-state index in [9.17, 15) is 4.79 Å². The van der Waals surface area contributed by atoms with Crippen LogP contribution in [0.2, 0.25) is 0 Å². The van der Waals surface area contributed by atoms with Crippen molar-refractivity contribution in [2.24, 2.45) is 5.73 Å². The Labute approximate surface area is 80.4 Å². The SMILES string of the molecule is Cl.NC1CNC(=O)c2cscc21. The lowest BCUT2D eigenvalue weighted by atomic mass is 10.0. The van der Waals surface area contributed by atoms with Crippen molar-refractivity contribution in [2.45, 2.75) is 6.04 Å². The van der Waals surface area contributed by atoms with Gasteiger partial charge in [-0.25, -0.2) is 0 Å². The van der Waals surface area contributed by atoms with Gasteiger partial charge in [0.2, 0.25) is 0 Å². The fraction of sp³-hybridized carbons (Fsp3) is 0.286. The predicted molar refractivity (Wildman–Crippen MR) is 50.8 cm³/mol. The van der Waals surface area contributed by atoms with Crippen LogP contribution < -0.4 is 11.1 Å². The van der Waals surface area contributed by atoms with Crippen molar-refractivity contribution in [3.63, 3.8) is 0 Å². The first-order valence-corrected chi connectivity index (χ1v) is 4.33. The molecule has 0 saturated heterocycles. The van der Waals surface area contributed by atoms with Gasteiger partial charge in [0.1, 0.15) is 0 Å². The molecule has 0 bridgehead atoms. The number of nitrogens with two attached hydrogens (primary N) is 1. The van der Waals surface area contributed by atoms with Crippen molar-refractivity contribution >= 4 is 29.7 Å². The third-order valence-electron chi connectivity index (χ3n) is 1.82. The summed E-state index contributed by atoms with van der Waals surface area (Å²) < 4.78 is 0. The third kappa shape index (κ3) is 1.33. The minimum absolute atomic E-state index is 0. The Morgan fingerprint density at radius 2 is 2.33 bits per heavy atom. The maximum atomic E-state index is 11.1. The zero-order valence-electron chi connectivity index (χ0n) is 6.24. The lowest BCUT2D eigenvalue weighted by molar-refractivity contribution is 0.0941. The highest BCUT2D eigenvalue weighted by Gasteiger charge is 2.22. The van der Waals surface area contributed by atoms with Crippen molar-refractivity contribution in [2.75, 3.05) is 6.54 Å². The molecule has 0 fully saturated rings. The predicted octanol–water partition coefficient (Wildman–Crippen LogP) is 0.913. The second-order valence-electron chi connectivity index (χ2n) is 2.56. The summed E-state index contributed by atoms with van der Waals surface area (Å²) in [6.45, 7) is 0.558. The number of carbonyl (C=O) groups excluding carboxylic acids is 1. The van der Waals surface area contributed by atoms with Gasteiger partial charge in [-0.05, 0) is 10.9 Å². The van der Waals surface area contributed by atoms with E-state index in [1.54, 1.807) is 0 Å². The van der Waals surface area contributed by atoms with E-state index in [4.69, 9.17) is 5.73 Å². The van der Waals surface area contributed by atoms with E-state index in [1.165, 1.54) is 11.3 Å². The Kier molecular flexibility index (Phi) is 2.72. The molecule has 0 spiro atoms. The van der Waals surface area contributed by atoms with Crippen molar-refractivity contribution in [3.05, 3.63) is 21.9 Å².